The van der Waals surface area contributed by atoms with Gasteiger partial charge >= 0.3 is 0 Å². The summed E-state index contributed by atoms with van der Waals surface area (Å²) in [5.74, 6) is -0.706. The Hall–Kier alpha value is -1.62. The number of hydrogen-bond acceptors (Lipinski definition) is 3. The number of amides is 1. The number of halogens is 1. The van der Waals surface area contributed by atoms with Crippen molar-refractivity contribution in [3.63, 3.8) is 0 Å². The van der Waals surface area contributed by atoms with E-state index in [4.69, 9.17) is 4.74 Å². The highest BCUT2D eigenvalue weighted by Gasteiger charge is 2.21. The van der Waals surface area contributed by atoms with Crippen LogP contribution in [-0.4, -0.2) is 25.2 Å². The van der Waals surface area contributed by atoms with Crippen LogP contribution in [0.3, 0.4) is 0 Å². The third kappa shape index (κ3) is 3.93. The quantitative estimate of drug-likeness (QED) is 0.890. The Morgan fingerprint density at radius 1 is 1.40 bits per heavy atom. The van der Waals surface area contributed by atoms with Gasteiger partial charge in [0.1, 0.15) is 5.82 Å². The van der Waals surface area contributed by atoms with E-state index in [9.17, 15) is 9.18 Å². The molecule has 0 spiro atoms. The van der Waals surface area contributed by atoms with E-state index in [0.29, 0.717) is 6.04 Å². The van der Waals surface area contributed by atoms with Crippen molar-refractivity contribution in [3.05, 3.63) is 24.0 Å². The smallest absolute Gasteiger partial charge is 0.221 e. The zero-order chi connectivity index (χ0) is 14.5. The molecule has 20 heavy (non-hydrogen) atoms. The summed E-state index contributed by atoms with van der Waals surface area (Å²) in [5, 5.41) is 5.88. The maximum absolute atomic E-state index is 13.6. The highest BCUT2D eigenvalue weighted by Crippen LogP contribution is 2.26. The average Bonchev–Trinajstić information content (AvgIpc) is 2.42. The van der Waals surface area contributed by atoms with Gasteiger partial charge in [0.15, 0.2) is 0 Å². The lowest BCUT2D eigenvalue weighted by Gasteiger charge is -2.29. The van der Waals surface area contributed by atoms with Crippen LogP contribution < -0.4 is 10.6 Å². The minimum absolute atomic E-state index is 0.210. The molecule has 1 fully saturated rings. The Morgan fingerprint density at radius 2 is 2.20 bits per heavy atom. The Labute approximate surface area is 118 Å². The molecule has 5 heteroatoms. The van der Waals surface area contributed by atoms with Gasteiger partial charge in [-0.15, -0.1) is 0 Å². The van der Waals surface area contributed by atoms with Crippen LogP contribution >= 0.6 is 0 Å². The highest BCUT2D eigenvalue weighted by atomic mass is 19.1. The number of hydrogen-bond donors (Lipinski definition) is 2. The van der Waals surface area contributed by atoms with Crippen LogP contribution in [0.25, 0.3) is 0 Å². The number of anilines is 2. The maximum atomic E-state index is 13.6. The van der Waals surface area contributed by atoms with E-state index < -0.39 is 5.82 Å². The van der Waals surface area contributed by atoms with E-state index >= 15 is 0 Å². The molecule has 4 nitrogen and oxygen atoms in total. The van der Waals surface area contributed by atoms with E-state index in [2.05, 4.69) is 10.6 Å². The Morgan fingerprint density at radius 3 is 2.90 bits per heavy atom. The molecule has 0 saturated heterocycles. The monoisotopic (exact) mass is 280 g/mol. The molecule has 1 amide bonds. The molecule has 110 valence electrons. The van der Waals surface area contributed by atoms with Crippen LogP contribution in [0.2, 0.25) is 0 Å². The summed E-state index contributed by atoms with van der Waals surface area (Å²) in [5.41, 5.74) is 1.03. The second-order valence-electron chi connectivity index (χ2n) is 5.24. The van der Waals surface area contributed by atoms with Gasteiger partial charge in [-0.2, -0.15) is 0 Å². The number of carbonyl (C=O) groups excluding carboxylic acids is 1. The number of benzene rings is 1. The van der Waals surface area contributed by atoms with Crippen molar-refractivity contribution < 1.29 is 13.9 Å². The predicted octanol–water partition coefficient (Wildman–Crippen LogP) is 3.15. The number of carbonyl (C=O) groups is 1. The Balaban J connectivity index is 2.03. The Bertz CT molecular complexity index is 479. The van der Waals surface area contributed by atoms with Crippen LogP contribution in [0.5, 0.6) is 0 Å². The lowest BCUT2D eigenvalue weighted by atomic mass is 9.92. The van der Waals surface area contributed by atoms with Crippen molar-refractivity contribution in [2.45, 2.75) is 44.8 Å². The molecular weight excluding hydrogens is 259 g/mol. The summed E-state index contributed by atoms with van der Waals surface area (Å²) in [6.07, 6.45) is 4.53. The van der Waals surface area contributed by atoms with Gasteiger partial charge < -0.3 is 15.4 Å². The van der Waals surface area contributed by atoms with Crippen LogP contribution in [0.15, 0.2) is 18.2 Å². The zero-order valence-electron chi connectivity index (χ0n) is 11.9. The van der Waals surface area contributed by atoms with Crippen molar-refractivity contribution in [3.8, 4) is 0 Å². The summed E-state index contributed by atoms with van der Waals surface area (Å²) < 4.78 is 19.0. The predicted molar refractivity (Wildman–Crippen MR) is 77.4 cm³/mol. The second kappa shape index (κ2) is 6.70. The molecule has 0 bridgehead atoms. The maximum Gasteiger partial charge on any atom is 0.221 e. The molecule has 0 heterocycles. The fourth-order valence-corrected chi connectivity index (χ4v) is 2.63. The number of rotatable bonds is 4. The molecule has 2 N–H and O–H groups in total. The van der Waals surface area contributed by atoms with Crippen LogP contribution in [0.4, 0.5) is 15.8 Å². The summed E-state index contributed by atoms with van der Waals surface area (Å²) in [6.45, 7) is 1.36. The third-order valence-corrected chi connectivity index (χ3v) is 3.61. The molecule has 2 unspecified atom stereocenters. The van der Waals surface area contributed by atoms with E-state index in [0.717, 1.165) is 31.4 Å². The summed E-state index contributed by atoms with van der Waals surface area (Å²) in [4.78, 5) is 11.0. The number of ether oxygens (including phenoxy) is 1. The molecule has 1 aromatic carbocycles. The second-order valence-corrected chi connectivity index (χ2v) is 5.24. The van der Waals surface area contributed by atoms with Gasteiger partial charge in [0.05, 0.1) is 11.8 Å². The van der Waals surface area contributed by atoms with Gasteiger partial charge in [-0.1, -0.05) is 0 Å². The van der Waals surface area contributed by atoms with Gasteiger partial charge in [0.25, 0.3) is 0 Å². The minimum Gasteiger partial charge on any atom is -0.382 e. The third-order valence-electron chi connectivity index (χ3n) is 3.61. The first-order valence-electron chi connectivity index (χ1n) is 6.95. The summed E-state index contributed by atoms with van der Waals surface area (Å²) in [7, 11) is 1.74. The van der Waals surface area contributed by atoms with Gasteiger partial charge in [0.2, 0.25) is 5.91 Å². The molecule has 0 aliphatic heterocycles. The topological polar surface area (TPSA) is 50.4 Å². The Kier molecular flexibility index (Phi) is 4.95. The van der Waals surface area contributed by atoms with Gasteiger partial charge in [-0.3, -0.25) is 4.79 Å². The average molecular weight is 280 g/mol. The molecular formula is C15H21FN2O2. The SMILES string of the molecule is COC1CCCC(Nc2ccc(F)c(NC(C)=O)c2)C1. The van der Waals surface area contributed by atoms with E-state index in [1.165, 1.54) is 13.0 Å². The first kappa shape index (κ1) is 14.8. The van der Waals surface area contributed by atoms with Crippen molar-refractivity contribution in [2.24, 2.45) is 0 Å². The lowest BCUT2D eigenvalue weighted by Crippen LogP contribution is -2.31. The highest BCUT2D eigenvalue weighted by molar-refractivity contribution is 5.89. The van der Waals surface area contributed by atoms with E-state index in [1.54, 1.807) is 19.2 Å². The number of methoxy groups -OCH3 is 1. The van der Waals surface area contributed by atoms with Crippen molar-refractivity contribution in [1.29, 1.82) is 0 Å². The molecule has 2 rings (SSSR count). The van der Waals surface area contributed by atoms with Crippen molar-refractivity contribution >= 4 is 17.3 Å². The lowest BCUT2D eigenvalue weighted by molar-refractivity contribution is -0.114. The summed E-state index contributed by atoms with van der Waals surface area (Å²) in [6, 6.07) is 5.01. The fourth-order valence-electron chi connectivity index (χ4n) is 2.63. The standard InChI is InChI=1S/C15H21FN2O2/c1-10(19)17-15-9-12(6-7-14(15)16)18-11-4-3-5-13(8-11)20-2/h6-7,9,11,13,18H,3-5,8H2,1-2H3,(H,17,19). The molecule has 2 atom stereocenters. The number of nitrogens with one attached hydrogen (secondary N) is 2. The van der Waals surface area contributed by atoms with Crippen LogP contribution in [-0.2, 0) is 9.53 Å². The van der Waals surface area contributed by atoms with E-state index in [1.807, 2.05) is 0 Å². The first-order chi connectivity index (χ1) is 9.58. The van der Waals surface area contributed by atoms with Crippen molar-refractivity contribution in [2.75, 3.05) is 17.7 Å². The summed E-state index contributed by atoms with van der Waals surface area (Å²) >= 11 is 0. The van der Waals surface area contributed by atoms with Crippen LogP contribution in [0.1, 0.15) is 32.6 Å². The normalized spacial score (nSPS) is 22.4. The van der Waals surface area contributed by atoms with Crippen LogP contribution in [0, 0.1) is 5.82 Å². The van der Waals surface area contributed by atoms with Crippen molar-refractivity contribution in [1.82, 2.24) is 0 Å². The van der Waals surface area contributed by atoms with E-state index in [-0.39, 0.29) is 17.7 Å². The molecule has 0 radical (unpaired) electrons. The molecule has 0 aromatic heterocycles. The first-order valence-corrected chi connectivity index (χ1v) is 6.95. The largest absolute Gasteiger partial charge is 0.382 e. The minimum atomic E-state index is -0.427. The molecule has 1 aliphatic carbocycles. The zero-order valence-corrected chi connectivity index (χ0v) is 11.9. The fraction of sp³-hybridized carbons (Fsp3) is 0.533. The molecule has 1 saturated carbocycles. The van der Waals surface area contributed by atoms with Gasteiger partial charge in [-0.25, -0.2) is 4.39 Å². The van der Waals surface area contributed by atoms with Gasteiger partial charge in [-0.05, 0) is 43.9 Å². The van der Waals surface area contributed by atoms with Gasteiger partial charge in [0, 0.05) is 25.8 Å². The molecule has 1 aliphatic rings. The molecule has 1 aromatic rings.